The number of ether oxygens (including phenoxy) is 2. The Bertz CT molecular complexity index is 1310. The minimum absolute atomic E-state index is 0.0565. The molecule has 0 fully saturated rings. The molecule has 0 aliphatic heterocycles. The highest BCUT2D eigenvalue weighted by Gasteiger charge is 2.16. The Morgan fingerprint density at radius 2 is 0.471 bits per heavy atom. The highest BCUT2D eigenvalue weighted by molar-refractivity contribution is 5.70. The molecule has 0 spiro atoms. The summed E-state index contributed by atoms with van der Waals surface area (Å²) in [5.74, 6) is -0.559. The van der Waals surface area contributed by atoms with Crippen LogP contribution >= 0.6 is 0 Å². The van der Waals surface area contributed by atoms with Crippen LogP contribution in [0.15, 0.2) is 24.3 Å². The van der Waals surface area contributed by atoms with Crippen LogP contribution in [0.5, 0.6) is 0 Å². The summed E-state index contributed by atoms with van der Waals surface area (Å²) in [4.78, 5) is 24.7. The fourth-order valence-electron chi connectivity index (χ4n) is 12.6. The number of hydrogen-bond acceptors (Lipinski definition) is 5. The third kappa shape index (κ3) is 74.8. The molecule has 0 bridgehead atoms. The van der Waals surface area contributed by atoms with Gasteiger partial charge in [0.2, 0.25) is 0 Å². The van der Waals surface area contributed by atoms with Gasteiger partial charge < -0.3 is 14.6 Å². The van der Waals surface area contributed by atoms with E-state index in [0.29, 0.717) is 12.8 Å². The summed E-state index contributed by atoms with van der Waals surface area (Å²) in [5.41, 5.74) is 0. The molecule has 0 saturated carbocycles. The minimum Gasteiger partial charge on any atom is -0.462 e. The predicted octanol–water partition coefficient (Wildman–Crippen LogP) is 27.5. The maximum absolute atomic E-state index is 12.4. The molecule has 0 aromatic heterocycles. The van der Waals surface area contributed by atoms with Gasteiger partial charge in [0.15, 0.2) is 6.10 Å². The van der Waals surface area contributed by atoms with E-state index in [9.17, 15) is 14.7 Å². The Morgan fingerprint density at radius 3 is 0.694 bits per heavy atom. The van der Waals surface area contributed by atoms with E-state index in [0.717, 1.165) is 38.5 Å². The van der Waals surface area contributed by atoms with Gasteiger partial charge in [-0.05, 0) is 44.9 Å². The Kier molecular flexibility index (Phi) is 75.2. The molecule has 0 rings (SSSR count). The Labute approximate surface area is 534 Å². The molecule has 0 radical (unpaired) electrons. The van der Waals surface area contributed by atoms with Crippen molar-refractivity contribution in [3.63, 3.8) is 0 Å². The Balaban J connectivity index is 3.34. The number of carbonyl (C=O) groups excluding carboxylic acids is 2. The molecule has 0 aromatic carbocycles. The van der Waals surface area contributed by atoms with E-state index in [4.69, 9.17) is 9.47 Å². The predicted molar refractivity (Wildman–Crippen MR) is 376 cm³/mol. The fourth-order valence-corrected chi connectivity index (χ4v) is 12.6. The number of esters is 2. The van der Waals surface area contributed by atoms with Crippen molar-refractivity contribution in [2.24, 2.45) is 0 Å². The van der Waals surface area contributed by atoms with E-state index < -0.39 is 6.10 Å². The maximum atomic E-state index is 12.4. The van der Waals surface area contributed by atoms with E-state index in [2.05, 4.69) is 38.2 Å². The van der Waals surface area contributed by atoms with E-state index in [-0.39, 0.29) is 25.2 Å². The first-order valence-electron chi connectivity index (χ1n) is 39.4. The summed E-state index contributed by atoms with van der Waals surface area (Å²) in [7, 11) is 0. The van der Waals surface area contributed by atoms with Crippen LogP contribution in [-0.4, -0.2) is 36.4 Å². The number of allylic oxidation sites excluding steroid dienone is 4. The van der Waals surface area contributed by atoms with Crippen molar-refractivity contribution in [2.75, 3.05) is 13.2 Å². The van der Waals surface area contributed by atoms with Gasteiger partial charge in [0.1, 0.15) is 6.61 Å². The monoisotopic (exact) mass is 1200 g/mol. The van der Waals surface area contributed by atoms with Gasteiger partial charge in [0.05, 0.1) is 6.61 Å². The van der Waals surface area contributed by atoms with E-state index in [1.165, 1.54) is 392 Å². The number of rotatable bonds is 75. The standard InChI is InChI=1S/C80H154O5/c1-3-5-7-9-11-13-15-17-19-21-23-25-27-29-31-33-35-36-37-38-39-40-41-42-43-44-45-47-49-51-53-55-57-59-61-63-65-67-69-71-73-75-80(83)85-78(76-81)77-84-79(82)74-72-70-68-66-64-62-60-58-56-54-52-50-48-46-34-32-30-28-26-24-22-20-18-16-14-12-10-8-6-4-2/h15,17,21,23,78,81H,3-14,16,18-20,22,24-77H2,1-2H3/b17-15-,23-21-. The smallest absolute Gasteiger partial charge is 0.306 e. The van der Waals surface area contributed by atoms with Crippen LogP contribution in [0.3, 0.4) is 0 Å². The average molecular weight is 1200 g/mol. The van der Waals surface area contributed by atoms with Crippen LogP contribution in [0.2, 0.25) is 0 Å². The molecule has 1 N–H and O–H groups in total. The lowest BCUT2D eigenvalue weighted by Crippen LogP contribution is -2.28. The summed E-state index contributed by atoms with van der Waals surface area (Å²) < 4.78 is 10.8. The first-order valence-corrected chi connectivity index (χ1v) is 39.4. The minimum atomic E-state index is -0.768. The molecular formula is C80H154O5. The summed E-state index contributed by atoms with van der Waals surface area (Å²) in [6, 6.07) is 0. The Morgan fingerprint density at radius 1 is 0.271 bits per heavy atom. The molecule has 85 heavy (non-hydrogen) atoms. The number of aliphatic hydroxyl groups excluding tert-OH is 1. The molecule has 0 aromatic rings. The van der Waals surface area contributed by atoms with Gasteiger partial charge >= 0.3 is 11.9 Å². The number of aliphatic hydroxyl groups is 1. The Hall–Kier alpha value is -1.62. The zero-order valence-electron chi connectivity index (χ0n) is 58.2. The fraction of sp³-hybridized carbons (Fsp3) is 0.925. The lowest BCUT2D eigenvalue weighted by Gasteiger charge is -2.15. The van der Waals surface area contributed by atoms with Crippen LogP contribution in [0.1, 0.15) is 457 Å². The molecule has 0 heterocycles. The third-order valence-corrected chi connectivity index (χ3v) is 18.5. The lowest BCUT2D eigenvalue weighted by atomic mass is 10.0. The van der Waals surface area contributed by atoms with Gasteiger partial charge in [-0.15, -0.1) is 0 Å². The van der Waals surface area contributed by atoms with Crippen LogP contribution in [0.4, 0.5) is 0 Å². The summed E-state index contributed by atoms with van der Waals surface area (Å²) in [6.45, 7) is 4.21. The molecule has 5 heteroatoms. The zero-order valence-corrected chi connectivity index (χ0v) is 58.2. The van der Waals surface area contributed by atoms with Crippen molar-refractivity contribution in [3.8, 4) is 0 Å². The van der Waals surface area contributed by atoms with Crippen molar-refractivity contribution in [1.82, 2.24) is 0 Å². The molecular weight excluding hydrogens is 1040 g/mol. The van der Waals surface area contributed by atoms with Crippen LogP contribution < -0.4 is 0 Å². The number of unbranched alkanes of at least 4 members (excludes halogenated alkanes) is 63. The third-order valence-electron chi connectivity index (χ3n) is 18.5. The normalized spacial score (nSPS) is 12.2. The zero-order chi connectivity index (χ0) is 61.2. The largest absolute Gasteiger partial charge is 0.462 e. The summed E-state index contributed by atoms with van der Waals surface area (Å²) in [5, 5.41) is 9.72. The van der Waals surface area contributed by atoms with E-state index in [1.54, 1.807) is 0 Å². The SMILES string of the molecule is CCCCCCC/C=C\C/C=C\CCCCCCCCCCCCCCCCCCCCCCCCCCCCCCCC(=O)OC(CO)COC(=O)CCCCCCCCCCCCCCCCCCCCCCCCCCCCCCCC. The van der Waals surface area contributed by atoms with Crippen LogP contribution in [-0.2, 0) is 19.1 Å². The first-order chi connectivity index (χ1) is 42.1. The van der Waals surface area contributed by atoms with Gasteiger partial charge in [0.25, 0.3) is 0 Å². The highest BCUT2D eigenvalue weighted by atomic mass is 16.6. The average Bonchev–Trinajstić information content (AvgIpc) is 3.52. The van der Waals surface area contributed by atoms with Crippen molar-refractivity contribution in [2.45, 2.75) is 463 Å². The van der Waals surface area contributed by atoms with Crippen LogP contribution in [0.25, 0.3) is 0 Å². The molecule has 0 amide bonds. The van der Waals surface area contributed by atoms with Crippen molar-refractivity contribution in [1.29, 1.82) is 0 Å². The molecule has 0 aliphatic rings. The van der Waals surface area contributed by atoms with E-state index in [1.807, 2.05) is 0 Å². The lowest BCUT2D eigenvalue weighted by molar-refractivity contribution is -0.161. The van der Waals surface area contributed by atoms with Crippen molar-refractivity contribution < 1.29 is 24.2 Å². The van der Waals surface area contributed by atoms with Crippen molar-refractivity contribution >= 4 is 11.9 Å². The number of carbonyl (C=O) groups is 2. The van der Waals surface area contributed by atoms with Gasteiger partial charge in [-0.3, -0.25) is 9.59 Å². The second kappa shape index (κ2) is 76.6. The molecule has 5 nitrogen and oxygen atoms in total. The van der Waals surface area contributed by atoms with Crippen LogP contribution in [0, 0.1) is 0 Å². The van der Waals surface area contributed by atoms with Gasteiger partial charge in [-0.1, -0.05) is 423 Å². The number of hydrogen-bond donors (Lipinski definition) is 1. The molecule has 1 atom stereocenters. The van der Waals surface area contributed by atoms with Gasteiger partial charge in [-0.2, -0.15) is 0 Å². The molecule has 0 saturated heterocycles. The van der Waals surface area contributed by atoms with Gasteiger partial charge in [0, 0.05) is 12.8 Å². The maximum Gasteiger partial charge on any atom is 0.306 e. The van der Waals surface area contributed by atoms with Crippen molar-refractivity contribution in [3.05, 3.63) is 24.3 Å². The summed E-state index contributed by atoms with van der Waals surface area (Å²) >= 11 is 0. The van der Waals surface area contributed by atoms with E-state index >= 15 is 0 Å². The van der Waals surface area contributed by atoms with Gasteiger partial charge in [-0.25, -0.2) is 0 Å². The molecule has 504 valence electrons. The molecule has 0 aliphatic carbocycles. The highest BCUT2D eigenvalue weighted by Crippen LogP contribution is 2.20. The topological polar surface area (TPSA) is 72.8 Å². The second-order valence-electron chi connectivity index (χ2n) is 27.2. The summed E-state index contributed by atoms with van der Waals surface area (Å²) in [6.07, 6.45) is 101. The first kappa shape index (κ1) is 83.4. The quantitative estimate of drug-likeness (QED) is 0.0373. The second-order valence-corrected chi connectivity index (χ2v) is 27.2. The molecule has 1 unspecified atom stereocenters.